The van der Waals surface area contributed by atoms with Crippen LogP contribution in [0.3, 0.4) is 0 Å². The van der Waals surface area contributed by atoms with E-state index < -0.39 is 40.7 Å². The summed E-state index contributed by atoms with van der Waals surface area (Å²) in [6.45, 7) is 1.40. The van der Waals surface area contributed by atoms with E-state index in [1.54, 1.807) is 13.2 Å². The second-order valence-electron chi connectivity index (χ2n) is 8.41. The zero-order valence-electron chi connectivity index (χ0n) is 18.6. The highest BCUT2D eigenvalue weighted by Crippen LogP contribution is 2.50. The van der Waals surface area contributed by atoms with Crippen LogP contribution in [0.25, 0.3) is 6.08 Å². The monoisotopic (exact) mass is 463 g/mol. The van der Waals surface area contributed by atoms with Gasteiger partial charge in [0.05, 0.1) is 37.0 Å². The number of carbonyl (C=O) groups is 3. The Kier molecular flexibility index (Phi) is 4.89. The summed E-state index contributed by atoms with van der Waals surface area (Å²) in [7, 11) is 2.91. The number of nitro groups is 1. The molecule has 5 rings (SSSR count). The van der Waals surface area contributed by atoms with E-state index in [1.165, 1.54) is 26.2 Å². The SMILES string of the molecule is COc1ccc2c(c1)C=C[C@@H]1[C@@H]3C(=O)N(c4cc([N+](=O)[O-])ccc4OC)C(=O)[C@H]3[C@H](C(C)=O)N21. The Hall–Kier alpha value is -4.21. The van der Waals surface area contributed by atoms with Crippen LogP contribution < -0.4 is 19.3 Å². The van der Waals surface area contributed by atoms with Gasteiger partial charge in [-0.1, -0.05) is 12.2 Å². The van der Waals surface area contributed by atoms with Gasteiger partial charge in [0.15, 0.2) is 5.78 Å². The van der Waals surface area contributed by atoms with Gasteiger partial charge in [0.2, 0.25) is 11.8 Å². The van der Waals surface area contributed by atoms with Crippen molar-refractivity contribution >= 4 is 40.7 Å². The van der Waals surface area contributed by atoms with Crippen LogP contribution in [0.4, 0.5) is 17.1 Å². The maximum atomic E-state index is 13.7. The van der Waals surface area contributed by atoms with Crippen molar-refractivity contribution in [1.82, 2.24) is 0 Å². The Morgan fingerprint density at radius 1 is 1.00 bits per heavy atom. The molecule has 2 aromatic rings. The number of methoxy groups -OCH3 is 2. The summed E-state index contributed by atoms with van der Waals surface area (Å²) < 4.78 is 10.6. The molecule has 174 valence electrons. The van der Waals surface area contributed by atoms with Gasteiger partial charge in [0.1, 0.15) is 23.2 Å². The van der Waals surface area contributed by atoms with E-state index in [9.17, 15) is 24.5 Å². The first-order valence-electron chi connectivity index (χ1n) is 10.6. The normalized spacial score (nSPS) is 24.6. The Bertz CT molecular complexity index is 1290. The fourth-order valence-electron chi connectivity index (χ4n) is 5.34. The Morgan fingerprint density at radius 2 is 1.74 bits per heavy atom. The zero-order valence-corrected chi connectivity index (χ0v) is 18.6. The third-order valence-corrected chi connectivity index (χ3v) is 6.74. The predicted molar refractivity (Wildman–Crippen MR) is 122 cm³/mol. The molecular weight excluding hydrogens is 442 g/mol. The molecule has 2 aromatic carbocycles. The number of amides is 2. The van der Waals surface area contributed by atoms with Crippen molar-refractivity contribution in [1.29, 1.82) is 0 Å². The number of anilines is 2. The number of imide groups is 1. The lowest BCUT2D eigenvalue weighted by Crippen LogP contribution is -2.48. The Morgan fingerprint density at radius 3 is 2.38 bits per heavy atom. The largest absolute Gasteiger partial charge is 0.497 e. The highest BCUT2D eigenvalue weighted by molar-refractivity contribution is 6.25. The highest BCUT2D eigenvalue weighted by Gasteiger charge is 2.64. The van der Waals surface area contributed by atoms with Crippen molar-refractivity contribution in [2.75, 3.05) is 24.0 Å². The van der Waals surface area contributed by atoms with Crippen LogP contribution in [-0.2, 0) is 14.4 Å². The number of hydrogen-bond donors (Lipinski definition) is 0. The van der Waals surface area contributed by atoms with E-state index in [4.69, 9.17) is 9.47 Å². The number of nitrogens with zero attached hydrogens (tertiary/aromatic N) is 3. The van der Waals surface area contributed by atoms with Crippen molar-refractivity contribution < 1.29 is 28.8 Å². The van der Waals surface area contributed by atoms with Gasteiger partial charge in [0.25, 0.3) is 5.69 Å². The first-order chi connectivity index (χ1) is 16.3. The number of benzene rings is 2. The molecule has 0 saturated carbocycles. The number of ketones is 1. The summed E-state index contributed by atoms with van der Waals surface area (Å²) in [6.07, 6.45) is 3.68. The standard InChI is InChI=1S/C24H21N3O7/c1-12(28)22-21-20(17-7-4-13-10-15(33-2)6-8-16(13)25(17)22)23(29)26(24(21)30)18-11-14(27(31)32)5-9-19(18)34-3/h4-11,17,20-22H,1-3H3/t17-,20+,21-,22+/m1/s1. The number of non-ortho nitro benzene ring substituents is 1. The molecule has 10 nitrogen and oxygen atoms in total. The Labute approximate surface area is 194 Å². The number of carbonyl (C=O) groups excluding carboxylic acids is 3. The van der Waals surface area contributed by atoms with Crippen LogP contribution in [0.5, 0.6) is 11.5 Å². The van der Waals surface area contributed by atoms with Gasteiger partial charge in [-0.2, -0.15) is 0 Å². The maximum absolute atomic E-state index is 13.7. The third-order valence-electron chi connectivity index (χ3n) is 6.74. The molecule has 3 heterocycles. The van der Waals surface area contributed by atoms with Crippen molar-refractivity contribution in [2.45, 2.75) is 19.0 Å². The van der Waals surface area contributed by atoms with Crippen LogP contribution in [0.2, 0.25) is 0 Å². The molecule has 34 heavy (non-hydrogen) atoms. The first kappa shape index (κ1) is 21.6. The summed E-state index contributed by atoms with van der Waals surface area (Å²) in [5, 5.41) is 11.3. The van der Waals surface area contributed by atoms with Gasteiger partial charge in [-0.05, 0) is 31.2 Å². The number of fused-ring (bicyclic) bond motifs is 5. The van der Waals surface area contributed by atoms with E-state index >= 15 is 0 Å². The smallest absolute Gasteiger partial charge is 0.271 e. The minimum atomic E-state index is -0.934. The van der Waals surface area contributed by atoms with Gasteiger partial charge >= 0.3 is 0 Å². The van der Waals surface area contributed by atoms with Crippen LogP contribution in [0.15, 0.2) is 42.5 Å². The number of hydrogen-bond acceptors (Lipinski definition) is 8. The minimum Gasteiger partial charge on any atom is -0.497 e. The van der Waals surface area contributed by atoms with Crippen molar-refractivity contribution in [2.24, 2.45) is 11.8 Å². The average Bonchev–Trinajstić information content (AvgIpc) is 3.31. The molecule has 2 saturated heterocycles. The summed E-state index contributed by atoms with van der Waals surface area (Å²) in [5.41, 5.74) is 1.28. The number of ether oxygens (including phenoxy) is 2. The van der Waals surface area contributed by atoms with Gasteiger partial charge in [-0.25, -0.2) is 4.90 Å². The van der Waals surface area contributed by atoms with Gasteiger partial charge in [-0.3, -0.25) is 24.5 Å². The highest BCUT2D eigenvalue weighted by atomic mass is 16.6. The molecular formula is C24H21N3O7. The molecule has 3 aliphatic heterocycles. The number of rotatable bonds is 5. The molecule has 0 aromatic heterocycles. The molecule has 4 atom stereocenters. The van der Waals surface area contributed by atoms with Gasteiger partial charge < -0.3 is 14.4 Å². The van der Waals surface area contributed by atoms with Gasteiger partial charge in [-0.15, -0.1) is 0 Å². The molecule has 0 aliphatic carbocycles. The summed E-state index contributed by atoms with van der Waals surface area (Å²) >= 11 is 0. The molecule has 0 N–H and O–H groups in total. The maximum Gasteiger partial charge on any atom is 0.271 e. The molecule has 2 fully saturated rings. The van der Waals surface area contributed by atoms with E-state index in [-0.39, 0.29) is 22.9 Å². The second-order valence-corrected chi connectivity index (χ2v) is 8.41. The summed E-state index contributed by atoms with van der Waals surface area (Å²) in [4.78, 5) is 53.7. The molecule has 3 aliphatic rings. The molecule has 2 amide bonds. The summed E-state index contributed by atoms with van der Waals surface area (Å²) in [5.74, 6) is -2.30. The third kappa shape index (κ3) is 2.91. The van der Waals surface area contributed by atoms with Gasteiger partial charge in [0, 0.05) is 23.4 Å². The van der Waals surface area contributed by atoms with Crippen LogP contribution >= 0.6 is 0 Å². The molecule has 10 heteroatoms. The Balaban J connectivity index is 1.62. The topological polar surface area (TPSA) is 119 Å². The first-order valence-corrected chi connectivity index (χ1v) is 10.6. The quantitative estimate of drug-likeness (QED) is 0.377. The van der Waals surface area contributed by atoms with E-state index in [0.29, 0.717) is 5.75 Å². The number of nitro benzene ring substituents is 1. The lowest BCUT2D eigenvalue weighted by molar-refractivity contribution is -0.384. The van der Waals surface area contributed by atoms with E-state index in [0.717, 1.165) is 22.2 Å². The van der Waals surface area contributed by atoms with E-state index in [2.05, 4.69) is 0 Å². The number of Topliss-reactive ketones (excluding diaryl/α,β-unsaturated/α-hetero) is 1. The van der Waals surface area contributed by atoms with Crippen molar-refractivity contribution in [3.63, 3.8) is 0 Å². The van der Waals surface area contributed by atoms with Crippen LogP contribution in [-0.4, -0.2) is 48.8 Å². The van der Waals surface area contributed by atoms with Crippen LogP contribution in [0.1, 0.15) is 12.5 Å². The van der Waals surface area contributed by atoms with E-state index in [1.807, 2.05) is 29.2 Å². The fraction of sp³-hybridized carbons (Fsp3) is 0.292. The van der Waals surface area contributed by atoms with Crippen LogP contribution in [0, 0.1) is 22.0 Å². The predicted octanol–water partition coefficient (Wildman–Crippen LogP) is 2.59. The van der Waals surface area contributed by atoms with Crippen molar-refractivity contribution in [3.05, 3.63) is 58.2 Å². The fourth-order valence-corrected chi connectivity index (χ4v) is 5.34. The lowest BCUT2D eigenvalue weighted by Gasteiger charge is -2.36. The second kappa shape index (κ2) is 7.68. The summed E-state index contributed by atoms with van der Waals surface area (Å²) in [6, 6.07) is 7.77. The zero-order chi connectivity index (χ0) is 24.3. The molecule has 0 spiro atoms. The minimum absolute atomic E-state index is 0.000113. The molecule has 0 unspecified atom stereocenters. The average molecular weight is 463 g/mol. The molecule has 0 bridgehead atoms. The molecule has 0 radical (unpaired) electrons. The lowest BCUT2D eigenvalue weighted by atomic mass is 9.88. The van der Waals surface area contributed by atoms with Crippen molar-refractivity contribution in [3.8, 4) is 11.5 Å².